The molecule has 2 aromatic heterocycles. The van der Waals surface area contributed by atoms with Crippen molar-refractivity contribution < 1.29 is 9.32 Å². The molecule has 0 radical (unpaired) electrons. The van der Waals surface area contributed by atoms with Crippen molar-refractivity contribution in [2.75, 3.05) is 13.1 Å². The highest BCUT2D eigenvalue weighted by Crippen LogP contribution is 2.15. The van der Waals surface area contributed by atoms with Gasteiger partial charge in [-0.05, 0) is 12.8 Å². The molecule has 2 aromatic rings. The van der Waals surface area contributed by atoms with Crippen LogP contribution in [0.5, 0.6) is 0 Å². The summed E-state index contributed by atoms with van der Waals surface area (Å²) in [5.74, 6) is 0.0818. The summed E-state index contributed by atoms with van der Waals surface area (Å²) in [6.45, 7) is 1.50. The van der Waals surface area contributed by atoms with Gasteiger partial charge in [0.1, 0.15) is 5.69 Å². The van der Waals surface area contributed by atoms with Crippen molar-refractivity contribution in [2.45, 2.75) is 12.8 Å². The molecule has 1 aliphatic rings. The number of likely N-dealkylation sites (tertiary alicyclic amines) is 1. The van der Waals surface area contributed by atoms with Crippen molar-refractivity contribution in [2.24, 2.45) is 0 Å². The molecule has 0 spiro atoms. The third kappa shape index (κ3) is 1.94. The first kappa shape index (κ1) is 10.8. The van der Waals surface area contributed by atoms with E-state index in [1.165, 1.54) is 12.4 Å². The first-order chi connectivity index (χ1) is 8.84. The van der Waals surface area contributed by atoms with Crippen LogP contribution in [0.15, 0.2) is 23.1 Å². The van der Waals surface area contributed by atoms with Gasteiger partial charge >= 0.3 is 11.8 Å². The van der Waals surface area contributed by atoms with Crippen LogP contribution in [0.2, 0.25) is 0 Å². The summed E-state index contributed by atoms with van der Waals surface area (Å²) < 4.78 is 4.97. The number of rotatable bonds is 2. The van der Waals surface area contributed by atoms with Crippen LogP contribution in [0.3, 0.4) is 0 Å². The molecule has 0 aliphatic carbocycles. The van der Waals surface area contributed by atoms with Gasteiger partial charge in [-0.15, -0.1) is 0 Å². The standard InChI is InChI=1S/C11H11N5O2/c17-11(16-5-1-2-6-16)10-14-9(15-18-10)8-7-12-3-4-13-8/h3-4,7H,1-2,5-6H2. The Balaban J connectivity index is 1.83. The average Bonchev–Trinajstić information content (AvgIpc) is 3.10. The van der Waals surface area contributed by atoms with Crippen LogP contribution in [-0.4, -0.2) is 44.0 Å². The normalized spacial score (nSPS) is 15.0. The van der Waals surface area contributed by atoms with E-state index in [9.17, 15) is 4.79 Å². The maximum absolute atomic E-state index is 12.0. The molecule has 0 N–H and O–H groups in total. The fourth-order valence-electron chi connectivity index (χ4n) is 1.88. The molecule has 1 aliphatic heterocycles. The average molecular weight is 245 g/mol. The summed E-state index contributed by atoms with van der Waals surface area (Å²) in [6, 6.07) is 0. The smallest absolute Gasteiger partial charge is 0.316 e. The fourth-order valence-corrected chi connectivity index (χ4v) is 1.88. The number of hydrogen-bond donors (Lipinski definition) is 0. The van der Waals surface area contributed by atoms with Crippen LogP contribution < -0.4 is 0 Å². The minimum atomic E-state index is -0.213. The van der Waals surface area contributed by atoms with Gasteiger partial charge in [0.05, 0.1) is 6.20 Å². The second-order valence-corrected chi connectivity index (χ2v) is 4.01. The maximum atomic E-state index is 12.0. The van der Waals surface area contributed by atoms with E-state index >= 15 is 0 Å². The van der Waals surface area contributed by atoms with Crippen molar-refractivity contribution >= 4 is 5.91 Å². The third-order valence-corrected chi connectivity index (χ3v) is 2.79. The Morgan fingerprint density at radius 1 is 1.28 bits per heavy atom. The summed E-state index contributed by atoms with van der Waals surface area (Å²) >= 11 is 0. The molecule has 0 saturated carbocycles. The summed E-state index contributed by atoms with van der Waals surface area (Å²) in [6.07, 6.45) is 6.66. The molecule has 3 rings (SSSR count). The Morgan fingerprint density at radius 3 is 2.83 bits per heavy atom. The molecule has 0 unspecified atom stereocenters. The predicted molar refractivity (Wildman–Crippen MR) is 60.5 cm³/mol. The highest BCUT2D eigenvalue weighted by Gasteiger charge is 2.25. The predicted octanol–water partition coefficient (Wildman–Crippen LogP) is 0.763. The van der Waals surface area contributed by atoms with E-state index in [0.717, 1.165) is 25.9 Å². The molecule has 7 heteroatoms. The highest BCUT2D eigenvalue weighted by atomic mass is 16.5. The summed E-state index contributed by atoms with van der Waals surface area (Å²) in [5, 5.41) is 3.74. The van der Waals surface area contributed by atoms with Crippen molar-refractivity contribution in [3.05, 3.63) is 24.5 Å². The number of aromatic nitrogens is 4. The molecule has 1 saturated heterocycles. The summed E-state index contributed by atoms with van der Waals surface area (Å²) in [7, 11) is 0. The zero-order valence-electron chi connectivity index (χ0n) is 9.61. The lowest BCUT2D eigenvalue weighted by Crippen LogP contribution is -2.27. The third-order valence-electron chi connectivity index (χ3n) is 2.79. The molecule has 3 heterocycles. The first-order valence-electron chi connectivity index (χ1n) is 5.74. The van der Waals surface area contributed by atoms with E-state index in [1.807, 2.05) is 0 Å². The Kier molecular flexibility index (Phi) is 2.71. The lowest BCUT2D eigenvalue weighted by molar-refractivity contribution is 0.0743. The van der Waals surface area contributed by atoms with Gasteiger partial charge in [-0.2, -0.15) is 4.98 Å². The van der Waals surface area contributed by atoms with Crippen LogP contribution in [-0.2, 0) is 0 Å². The molecule has 0 aromatic carbocycles. The number of nitrogens with zero attached hydrogens (tertiary/aromatic N) is 5. The Labute approximate surface area is 103 Å². The van der Waals surface area contributed by atoms with Crippen LogP contribution in [0.1, 0.15) is 23.5 Å². The number of carbonyl (C=O) groups excluding carboxylic acids is 1. The van der Waals surface area contributed by atoms with Gasteiger partial charge in [0.25, 0.3) is 0 Å². The number of amides is 1. The molecular weight excluding hydrogens is 234 g/mol. The molecule has 18 heavy (non-hydrogen) atoms. The monoisotopic (exact) mass is 245 g/mol. The Bertz CT molecular complexity index is 548. The van der Waals surface area contributed by atoms with Crippen LogP contribution in [0, 0.1) is 0 Å². The minimum Gasteiger partial charge on any atom is -0.334 e. The molecule has 1 amide bonds. The topological polar surface area (TPSA) is 85.0 Å². The van der Waals surface area contributed by atoms with E-state index in [4.69, 9.17) is 4.52 Å². The first-order valence-corrected chi connectivity index (χ1v) is 5.74. The molecular formula is C11H11N5O2. The van der Waals surface area contributed by atoms with Crippen molar-refractivity contribution in [1.29, 1.82) is 0 Å². The van der Waals surface area contributed by atoms with Gasteiger partial charge in [-0.3, -0.25) is 9.78 Å². The van der Waals surface area contributed by atoms with Crippen LogP contribution in [0.4, 0.5) is 0 Å². The van der Waals surface area contributed by atoms with Gasteiger partial charge in [-0.1, -0.05) is 5.16 Å². The van der Waals surface area contributed by atoms with E-state index in [2.05, 4.69) is 20.1 Å². The lowest BCUT2D eigenvalue weighted by Gasteiger charge is -2.10. The second kappa shape index (κ2) is 4.52. The SMILES string of the molecule is O=C(c1nc(-c2cnccn2)no1)N1CCCC1. The van der Waals surface area contributed by atoms with Crippen molar-refractivity contribution in [3.63, 3.8) is 0 Å². The second-order valence-electron chi connectivity index (χ2n) is 4.01. The summed E-state index contributed by atoms with van der Waals surface area (Å²) in [4.78, 5) is 25.7. The minimum absolute atomic E-state index is 0.0116. The van der Waals surface area contributed by atoms with Crippen molar-refractivity contribution in [1.82, 2.24) is 25.0 Å². The summed E-state index contributed by atoms with van der Waals surface area (Å²) in [5.41, 5.74) is 0.488. The van der Waals surface area contributed by atoms with Gasteiger partial charge < -0.3 is 9.42 Å². The van der Waals surface area contributed by atoms with E-state index < -0.39 is 0 Å². The Morgan fingerprint density at radius 2 is 2.11 bits per heavy atom. The van der Waals surface area contributed by atoms with Gasteiger partial charge in [0, 0.05) is 25.5 Å². The van der Waals surface area contributed by atoms with E-state index in [-0.39, 0.29) is 17.6 Å². The maximum Gasteiger partial charge on any atom is 0.316 e. The van der Waals surface area contributed by atoms with Crippen LogP contribution in [0.25, 0.3) is 11.5 Å². The van der Waals surface area contributed by atoms with E-state index in [0.29, 0.717) is 5.69 Å². The number of hydrogen-bond acceptors (Lipinski definition) is 6. The van der Waals surface area contributed by atoms with Gasteiger partial charge in [-0.25, -0.2) is 4.98 Å². The molecule has 1 fully saturated rings. The molecule has 0 atom stereocenters. The van der Waals surface area contributed by atoms with Crippen molar-refractivity contribution in [3.8, 4) is 11.5 Å². The molecule has 7 nitrogen and oxygen atoms in total. The fraction of sp³-hybridized carbons (Fsp3) is 0.364. The largest absolute Gasteiger partial charge is 0.334 e. The molecule has 0 bridgehead atoms. The van der Waals surface area contributed by atoms with Gasteiger partial charge in [0.2, 0.25) is 5.82 Å². The zero-order chi connectivity index (χ0) is 12.4. The highest BCUT2D eigenvalue weighted by molar-refractivity contribution is 5.90. The van der Waals surface area contributed by atoms with Gasteiger partial charge in [0.15, 0.2) is 0 Å². The molecule has 92 valence electrons. The zero-order valence-corrected chi connectivity index (χ0v) is 9.61. The quantitative estimate of drug-likeness (QED) is 0.776. The Hall–Kier alpha value is -2.31. The van der Waals surface area contributed by atoms with E-state index in [1.54, 1.807) is 11.1 Å². The number of carbonyl (C=O) groups is 1. The lowest BCUT2D eigenvalue weighted by atomic mass is 10.4. The van der Waals surface area contributed by atoms with Crippen LogP contribution >= 0.6 is 0 Å².